The van der Waals surface area contributed by atoms with Crippen LogP contribution in [0.25, 0.3) is 5.69 Å². The van der Waals surface area contributed by atoms with Crippen molar-refractivity contribution in [2.45, 2.75) is 25.3 Å². The van der Waals surface area contributed by atoms with Crippen LogP contribution in [0.15, 0.2) is 113 Å². The molecular weight excluding hydrogens is 631 g/mol. The van der Waals surface area contributed by atoms with Crippen molar-refractivity contribution in [2.75, 3.05) is 11.4 Å². The quantitative estimate of drug-likeness (QED) is 0.124. The van der Waals surface area contributed by atoms with Crippen LogP contribution >= 0.6 is 23.2 Å². The second kappa shape index (κ2) is 13.6. The molecule has 11 heteroatoms. The summed E-state index contributed by atoms with van der Waals surface area (Å²) in [7, 11) is -2.59. The normalized spacial score (nSPS) is 11.5. The number of aromatic nitrogens is 1. The first-order chi connectivity index (χ1) is 21.6. The van der Waals surface area contributed by atoms with Crippen LogP contribution in [-0.4, -0.2) is 32.2 Å². The molecule has 1 N–H and O–H groups in total. The van der Waals surface area contributed by atoms with Gasteiger partial charge in [-0.3, -0.25) is 9.10 Å². The summed E-state index contributed by atoms with van der Waals surface area (Å²) in [6.07, 6.45) is 1.54. The Balaban J connectivity index is 1.46. The van der Waals surface area contributed by atoms with Gasteiger partial charge in [0.15, 0.2) is 0 Å². The molecule has 45 heavy (non-hydrogen) atoms. The second-order valence-electron chi connectivity index (χ2n) is 10.2. The zero-order valence-electron chi connectivity index (χ0n) is 24.7. The van der Waals surface area contributed by atoms with Crippen molar-refractivity contribution in [1.82, 2.24) is 9.99 Å². The third-order valence-electron chi connectivity index (χ3n) is 7.18. The Morgan fingerprint density at radius 1 is 0.911 bits per heavy atom. The maximum atomic E-state index is 14.0. The van der Waals surface area contributed by atoms with Crippen LogP contribution in [0.3, 0.4) is 0 Å². The summed E-state index contributed by atoms with van der Waals surface area (Å²) in [6, 6.07) is 29.1. The van der Waals surface area contributed by atoms with Gasteiger partial charge in [0.05, 0.1) is 36.0 Å². The summed E-state index contributed by atoms with van der Waals surface area (Å²) >= 11 is 12.5. The van der Waals surface area contributed by atoms with Gasteiger partial charge in [-0.1, -0.05) is 65.7 Å². The van der Waals surface area contributed by atoms with E-state index in [1.54, 1.807) is 48.7 Å². The molecule has 0 saturated heterocycles. The molecule has 1 aromatic heterocycles. The third-order valence-corrected chi connectivity index (χ3v) is 9.39. The van der Waals surface area contributed by atoms with Gasteiger partial charge in [-0.2, -0.15) is 5.10 Å². The number of carbonyl (C=O) groups is 1. The minimum absolute atomic E-state index is 0.00225. The molecule has 8 nitrogen and oxygen atoms in total. The molecule has 0 radical (unpaired) electrons. The van der Waals surface area contributed by atoms with Gasteiger partial charge in [-0.05, 0) is 80.1 Å². The largest absolute Gasteiger partial charge is 0.497 e. The van der Waals surface area contributed by atoms with Gasteiger partial charge in [-0.25, -0.2) is 13.8 Å². The smallest absolute Gasteiger partial charge is 0.273 e. The van der Waals surface area contributed by atoms with Gasteiger partial charge in [0.2, 0.25) is 0 Å². The number of anilines is 1. The van der Waals surface area contributed by atoms with Gasteiger partial charge >= 0.3 is 0 Å². The zero-order valence-corrected chi connectivity index (χ0v) is 27.1. The number of hydrogen-bond donors (Lipinski definition) is 1. The SMILES string of the molecule is COc1ccc(S(=O)(=O)N(Cc2ccccc2)c2ccccc2C(=O)N/N=C/c2cc(C)n(-c3cc(Cl)cc(Cl)c3)c2C)cc1. The highest BCUT2D eigenvalue weighted by Gasteiger charge is 2.28. The van der Waals surface area contributed by atoms with E-state index in [1.165, 1.54) is 23.5 Å². The van der Waals surface area contributed by atoms with E-state index in [2.05, 4.69) is 10.5 Å². The van der Waals surface area contributed by atoms with Crippen LogP contribution in [-0.2, 0) is 16.6 Å². The van der Waals surface area contributed by atoms with E-state index in [9.17, 15) is 13.2 Å². The number of halogens is 2. The molecule has 0 unspecified atom stereocenters. The first-order valence-electron chi connectivity index (χ1n) is 13.9. The number of carbonyl (C=O) groups excluding carboxylic acids is 1. The van der Waals surface area contributed by atoms with Gasteiger partial charge in [0.1, 0.15) is 5.75 Å². The second-order valence-corrected chi connectivity index (χ2v) is 12.9. The minimum Gasteiger partial charge on any atom is -0.497 e. The monoisotopic (exact) mass is 660 g/mol. The molecule has 0 aliphatic rings. The highest BCUT2D eigenvalue weighted by Crippen LogP contribution is 2.30. The van der Waals surface area contributed by atoms with Crippen molar-refractivity contribution in [3.63, 3.8) is 0 Å². The zero-order chi connectivity index (χ0) is 32.1. The van der Waals surface area contributed by atoms with Crippen molar-refractivity contribution in [3.05, 3.63) is 141 Å². The Bertz CT molecular complexity index is 1960. The standard InChI is InChI=1S/C34H30Cl2N4O4S/c1-23-17-26(24(2)40(23)29-19-27(35)18-28(36)20-29)21-37-38-34(41)32-11-7-8-12-33(32)39(22-25-9-5-4-6-10-25)45(42,43)31-15-13-30(44-3)14-16-31/h4-21H,22H2,1-3H3,(H,38,41)/b37-21+. The van der Waals surface area contributed by atoms with Crippen LogP contribution in [0, 0.1) is 13.8 Å². The maximum absolute atomic E-state index is 14.0. The number of rotatable bonds is 10. The van der Waals surface area contributed by atoms with E-state index in [0.717, 1.165) is 28.2 Å². The summed E-state index contributed by atoms with van der Waals surface area (Å²) in [5.74, 6) is -0.0430. The van der Waals surface area contributed by atoms with Gasteiger partial charge in [-0.15, -0.1) is 0 Å². The summed E-state index contributed by atoms with van der Waals surface area (Å²) in [6.45, 7) is 3.87. The summed E-state index contributed by atoms with van der Waals surface area (Å²) in [5, 5.41) is 5.24. The van der Waals surface area contributed by atoms with E-state index < -0.39 is 15.9 Å². The Morgan fingerprint density at radius 2 is 1.56 bits per heavy atom. The first kappa shape index (κ1) is 31.8. The molecular formula is C34H30Cl2N4O4S. The topological polar surface area (TPSA) is 93.0 Å². The lowest BCUT2D eigenvalue weighted by Crippen LogP contribution is -2.33. The summed E-state index contributed by atoms with van der Waals surface area (Å²) in [4.78, 5) is 13.6. The van der Waals surface area contributed by atoms with Crippen LogP contribution in [0.4, 0.5) is 5.69 Å². The van der Waals surface area contributed by atoms with E-state index >= 15 is 0 Å². The number of nitrogens with one attached hydrogen (secondary N) is 1. The lowest BCUT2D eigenvalue weighted by molar-refractivity contribution is 0.0955. The molecule has 0 aliphatic heterocycles. The summed E-state index contributed by atoms with van der Waals surface area (Å²) < 4.78 is 36.5. The van der Waals surface area contributed by atoms with Crippen LogP contribution in [0.5, 0.6) is 5.75 Å². The summed E-state index contributed by atoms with van der Waals surface area (Å²) in [5.41, 5.74) is 7.02. The Morgan fingerprint density at radius 3 is 2.22 bits per heavy atom. The Kier molecular flexibility index (Phi) is 9.63. The molecule has 0 spiro atoms. The number of sulfonamides is 1. The van der Waals surface area contributed by atoms with Crippen LogP contribution < -0.4 is 14.5 Å². The van der Waals surface area contributed by atoms with Crippen molar-refractivity contribution < 1.29 is 17.9 Å². The number of amides is 1. The molecule has 5 aromatic rings. The van der Waals surface area contributed by atoms with Crippen LogP contribution in [0.1, 0.15) is 32.9 Å². The number of aryl methyl sites for hydroxylation is 1. The molecule has 0 fully saturated rings. The maximum Gasteiger partial charge on any atom is 0.273 e. The number of benzene rings is 4. The highest BCUT2D eigenvalue weighted by atomic mass is 35.5. The van der Waals surface area contributed by atoms with Crippen molar-refractivity contribution in [3.8, 4) is 11.4 Å². The van der Waals surface area contributed by atoms with Crippen molar-refractivity contribution in [2.24, 2.45) is 5.10 Å². The lowest BCUT2D eigenvalue weighted by atomic mass is 10.1. The number of hydrazone groups is 1. The van der Waals surface area contributed by atoms with Gasteiger partial charge in [0.25, 0.3) is 15.9 Å². The van der Waals surface area contributed by atoms with Gasteiger partial charge < -0.3 is 9.30 Å². The molecule has 0 aliphatic carbocycles. The number of para-hydroxylation sites is 1. The van der Waals surface area contributed by atoms with Gasteiger partial charge in [0, 0.05) is 32.7 Å². The lowest BCUT2D eigenvalue weighted by Gasteiger charge is -2.26. The first-order valence-corrected chi connectivity index (χ1v) is 16.1. The van der Waals surface area contributed by atoms with Crippen molar-refractivity contribution >= 4 is 51.0 Å². The average Bonchev–Trinajstić information content (AvgIpc) is 3.31. The molecule has 0 atom stereocenters. The van der Waals surface area contributed by atoms with Crippen LogP contribution in [0.2, 0.25) is 10.0 Å². The number of methoxy groups -OCH3 is 1. The average molecular weight is 662 g/mol. The van der Waals surface area contributed by atoms with E-state index in [4.69, 9.17) is 27.9 Å². The molecule has 0 saturated carbocycles. The van der Waals surface area contributed by atoms with Crippen molar-refractivity contribution in [1.29, 1.82) is 0 Å². The predicted molar refractivity (Wildman–Crippen MR) is 180 cm³/mol. The fraction of sp³-hybridized carbons (Fsp3) is 0.118. The molecule has 0 bridgehead atoms. The number of ether oxygens (including phenoxy) is 1. The number of hydrogen-bond acceptors (Lipinski definition) is 5. The minimum atomic E-state index is -4.10. The van der Waals surface area contributed by atoms with E-state index in [0.29, 0.717) is 15.8 Å². The molecule has 230 valence electrons. The fourth-order valence-electron chi connectivity index (χ4n) is 5.01. The molecule has 1 heterocycles. The number of nitrogens with zero attached hydrogens (tertiary/aromatic N) is 3. The Hall–Kier alpha value is -4.57. The highest BCUT2D eigenvalue weighted by molar-refractivity contribution is 7.92. The Labute approximate surface area is 272 Å². The predicted octanol–water partition coefficient (Wildman–Crippen LogP) is 7.57. The molecule has 5 rings (SSSR count). The third kappa shape index (κ3) is 7.06. The van der Waals surface area contributed by atoms with E-state index in [1.807, 2.05) is 66.9 Å². The van der Waals surface area contributed by atoms with E-state index in [-0.39, 0.29) is 22.7 Å². The molecule has 4 aromatic carbocycles. The fourth-order valence-corrected chi connectivity index (χ4v) is 7.00. The molecule has 1 amide bonds.